The van der Waals surface area contributed by atoms with E-state index in [0.29, 0.717) is 45.1 Å². The van der Waals surface area contributed by atoms with Crippen LogP contribution in [0.5, 0.6) is 0 Å². The van der Waals surface area contributed by atoms with Crippen LogP contribution in [0.15, 0.2) is 4.99 Å². The first kappa shape index (κ1) is 57.0. The van der Waals surface area contributed by atoms with Crippen LogP contribution < -0.4 is 54.0 Å². The number of aliphatic carboxylic acids is 1. The van der Waals surface area contributed by atoms with Gasteiger partial charge in [0.1, 0.15) is 30.2 Å². The first-order valence-corrected chi connectivity index (χ1v) is 23.0. The number of guanidine groups is 1. The second-order valence-corrected chi connectivity index (χ2v) is 17.5. The van der Waals surface area contributed by atoms with Gasteiger partial charge in [0, 0.05) is 32.5 Å². The van der Waals surface area contributed by atoms with E-state index in [9.17, 15) is 48.6 Å². The molecule has 1 aliphatic heterocycles. The molecular weight excluding hydrogens is 831 g/mol. The number of rotatable bonds is 21. The number of nitrogens with one attached hydrogen (secondary N) is 8. The summed E-state index contributed by atoms with van der Waals surface area (Å²) in [6, 6.07) is -6.55. The van der Waals surface area contributed by atoms with Gasteiger partial charge in [0.15, 0.2) is 5.96 Å². The zero-order valence-electron chi connectivity index (χ0n) is 38.9. The fourth-order valence-electron chi connectivity index (χ4n) is 6.93. The molecule has 0 unspecified atom stereocenters. The summed E-state index contributed by atoms with van der Waals surface area (Å²) in [5, 5.41) is 41.5. The number of hydrogen-bond acceptors (Lipinski definition) is 11. The molecule has 0 aliphatic carbocycles. The molecule has 0 saturated carbocycles. The molecule has 366 valence electrons. The van der Waals surface area contributed by atoms with E-state index in [1.54, 1.807) is 0 Å². The summed E-state index contributed by atoms with van der Waals surface area (Å²) < 4.78 is 0. The molecule has 0 bridgehead atoms. The number of unbranched alkanes of at least 4 members (excludes halogenated alkanes) is 1. The predicted molar refractivity (Wildman–Crippen MR) is 242 cm³/mol. The van der Waals surface area contributed by atoms with Crippen LogP contribution in [0, 0.1) is 11.8 Å². The SMILES string of the molecule is CCCC[C@@H]1NC(=O)[C@H](CC(C)C)NC(=O)[C@H](CCC(=O)O)NCCCCC(=O)NCCCC[C@@H](C(=O)N[C@@H](CCCN=C(N)N)C(=O)N[C@@H](CC(C)C)C(=O)NC[C@@H](C)O)NC1=O. The van der Waals surface area contributed by atoms with Crippen LogP contribution in [0.25, 0.3) is 0 Å². The monoisotopic (exact) mass is 910 g/mol. The van der Waals surface area contributed by atoms with E-state index in [1.807, 2.05) is 34.6 Å². The standard InChI is InChI=1S/C43H79N11O10/c1-7-8-14-30-39(61)50-31(40(62)51-32(16-13-22-48-43(44)45)41(63)53-33(23-26(2)3)37(59)49-25-28(6)55)15-9-11-21-47-35(56)17-10-12-20-46-29(18-19-36(57)58)38(60)54-34(24-27(4)5)42(64)52-30/h26-34,46,55H,7-25H2,1-6H3,(H,47,56)(H,49,59)(H,50,61)(H,51,62)(H,52,64)(H,53,63)(H,54,60)(H,57,58)(H4,44,45,48)/t28-,29+,30+,31+,32+,33+,34+/m1/s1. The Labute approximate surface area is 378 Å². The van der Waals surface area contributed by atoms with Gasteiger partial charge in [-0.3, -0.25) is 43.3 Å². The molecule has 14 N–H and O–H groups in total. The summed E-state index contributed by atoms with van der Waals surface area (Å²) in [5.74, 6) is -5.29. The van der Waals surface area contributed by atoms with Crippen molar-refractivity contribution in [2.45, 2.75) is 180 Å². The minimum Gasteiger partial charge on any atom is -0.481 e. The molecule has 1 fully saturated rings. The molecule has 21 nitrogen and oxygen atoms in total. The van der Waals surface area contributed by atoms with E-state index in [0.717, 1.165) is 0 Å². The van der Waals surface area contributed by atoms with Crippen molar-refractivity contribution >= 4 is 53.3 Å². The van der Waals surface area contributed by atoms with E-state index in [-0.39, 0.29) is 101 Å². The van der Waals surface area contributed by atoms with Crippen LogP contribution in [0.4, 0.5) is 0 Å². The highest BCUT2D eigenvalue weighted by Gasteiger charge is 2.33. The summed E-state index contributed by atoms with van der Waals surface area (Å²) in [6.07, 6.45) is 3.13. The average Bonchev–Trinajstić information content (AvgIpc) is 3.21. The van der Waals surface area contributed by atoms with Gasteiger partial charge in [0.2, 0.25) is 41.4 Å². The van der Waals surface area contributed by atoms with Crippen LogP contribution in [0.2, 0.25) is 0 Å². The maximum absolute atomic E-state index is 14.2. The van der Waals surface area contributed by atoms with Crippen molar-refractivity contribution in [3.63, 3.8) is 0 Å². The van der Waals surface area contributed by atoms with Crippen molar-refractivity contribution < 1.29 is 48.6 Å². The van der Waals surface area contributed by atoms with Crippen molar-refractivity contribution in [3.8, 4) is 0 Å². The van der Waals surface area contributed by atoms with Gasteiger partial charge in [0.25, 0.3) is 0 Å². The molecule has 64 heavy (non-hydrogen) atoms. The van der Waals surface area contributed by atoms with Gasteiger partial charge in [-0.1, -0.05) is 47.5 Å². The predicted octanol–water partition coefficient (Wildman–Crippen LogP) is -0.463. The van der Waals surface area contributed by atoms with Crippen molar-refractivity contribution in [2.75, 3.05) is 26.2 Å². The van der Waals surface area contributed by atoms with Crippen molar-refractivity contribution in [1.29, 1.82) is 0 Å². The molecule has 1 rings (SSSR count). The molecule has 1 aliphatic rings. The zero-order valence-corrected chi connectivity index (χ0v) is 38.9. The van der Waals surface area contributed by atoms with E-state index in [2.05, 4.69) is 47.5 Å². The Morgan fingerprint density at radius 3 is 2.06 bits per heavy atom. The van der Waals surface area contributed by atoms with Crippen LogP contribution in [-0.2, 0) is 38.4 Å². The lowest BCUT2D eigenvalue weighted by Gasteiger charge is -2.28. The van der Waals surface area contributed by atoms with Crippen molar-refractivity contribution in [1.82, 2.24) is 42.5 Å². The number of carboxylic acids is 1. The maximum Gasteiger partial charge on any atom is 0.303 e. The van der Waals surface area contributed by atoms with Crippen LogP contribution >= 0.6 is 0 Å². The summed E-state index contributed by atoms with van der Waals surface area (Å²) in [5.41, 5.74) is 11.0. The molecule has 1 heterocycles. The third-order valence-electron chi connectivity index (χ3n) is 10.4. The summed E-state index contributed by atoms with van der Waals surface area (Å²) in [7, 11) is 0. The highest BCUT2D eigenvalue weighted by Crippen LogP contribution is 2.12. The van der Waals surface area contributed by atoms with Crippen molar-refractivity contribution in [2.24, 2.45) is 28.3 Å². The largest absolute Gasteiger partial charge is 0.481 e. The normalized spacial score (nSPS) is 21.4. The van der Waals surface area contributed by atoms with Crippen LogP contribution in [0.3, 0.4) is 0 Å². The number of nitrogens with zero attached hydrogens (tertiary/aromatic N) is 1. The number of aliphatic hydroxyl groups is 1. The molecule has 0 spiro atoms. The van der Waals surface area contributed by atoms with E-state index < -0.39 is 83.8 Å². The molecule has 21 heteroatoms. The zero-order chi connectivity index (χ0) is 48.2. The Morgan fingerprint density at radius 1 is 0.781 bits per heavy atom. The molecule has 0 radical (unpaired) electrons. The fraction of sp³-hybridized carbons (Fsp3) is 0.791. The van der Waals surface area contributed by atoms with E-state index in [4.69, 9.17) is 11.5 Å². The Balaban J connectivity index is 3.58. The lowest BCUT2D eigenvalue weighted by atomic mass is 10.0. The molecule has 7 amide bonds. The number of aliphatic imine (C=N–C) groups is 1. The van der Waals surface area contributed by atoms with Gasteiger partial charge in [-0.15, -0.1) is 0 Å². The Morgan fingerprint density at radius 2 is 1.44 bits per heavy atom. The number of hydrogen-bond donors (Lipinski definition) is 12. The third-order valence-corrected chi connectivity index (χ3v) is 10.4. The first-order chi connectivity index (χ1) is 30.2. The van der Waals surface area contributed by atoms with Gasteiger partial charge in [-0.2, -0.15) is 0 Å². The highest BCUT2D eigenvalue weighted by atomic mass is 16.4. The summed E-state index contributed by atoms with van der Waals surface area (Å²) in [6.45, 7) is 11.6. The number of amides is 7. The topological polar surface area (TPSA) is 338 Å². The van der Waals surface area contributed by atoms with Gasteiger partial charge in [0.05, 0.1) is 12.1 Å². The number of carbonyl (C=O) groups is 8. The number of carbonyl (C=O) groups excluding carboxylic acids is 7. The Bertz CT molecular complexity index is 1520. The second kappa shape index (κ2) is 31.7. The molecule has 7 atom stereocenters. The van der Waals surface area contributed by atoms with Gasteiger partial charge >= 0.3 is 5.97 Å². The Kier molecular flexibility index (Phi) is 28.3. The third kappa shape index (κ3) is 25.3. The summed E-state index contributed by atoms with van der Waals surface area (Å²) in [4.78, 5) is 111. The molecule has 1 saturated heterocycles. The van der Waals surface area contributed by atoms with Gasteiger partial charge in [-0.25, -0.2) is 0 Å². The average molecular weight is 910 g/mol. The minimum absolute atomic E-state index is 0.0148. The molecule has 0 aromatic carbocycles. The van der Waals surface area contributed by atoms with Crippen molar-refractivity contribution in [3.05, 3.63) is 0 Å². The van der Waals surface area contributed by atoms with Gasteiger partial charge in [-0.05, 0) is 95.9 Å². The van der Waals surface area contributed by atoms with Crippen LogP contribution in [-0.4, -0.2) is 132 Å². The molecular formula is C43H79N11O10. The Hall–Kier alpha value is -5.05. The lowest BCUT2D eigenvalue weighted by molar-refractivity contribution is -0.138. The second-order valence-electron chi connectivity index (χ2n) is 17.5. The first-order valence-electron chi connectivity index (χ1n) is 23.0. The van der Waals surface area contributed by atoms with Gasteiger partial charge < -0.3 is 64.2 Å². The van der Waals surface area contributed by atoms with E-state index in [1.165, 1.54) is 6.92 Å². The quantitative estimate of drug-likeness (QED) is 0.0395. The molecule has 0 aromatic rings. The fourth-order valence-corrected chi connectivity index (χ4v) is 6.93. The van der Waals surface area contributed by atoms with E-state index >= 15 is 0 Å². The van der Waals surface area contributed by atoms with Crippen LogP contribution in [0.1, 0.15) is 138 Å². The number of carboxylic acid groups (broad SMARTS) is 1. The lowest BCUT2D eigenvalue weighted by Crippen LogP contribution is -2.59. The highest BCUT2D eigenvalue weighted by molar-refractivity contribution is 5.96. The number of nitrogens with two attached hydrogens (primary N) is 2. The molecule has 0 aromatic heterocycles. The maximum atomic E-state index is 14.2. The minimum atomic E-state index is -1.21. The number of aliphatic hydroxyl groups excluding tert-OH is 1. The summed E-state index contributed by atoms with van der Waals surface area (Å²) >= 11 is 0. The smallest absolute Gasteiger partial charge is 0.303 e.